The van der Waals surface area contributed by atoms with Crippen molar-refractivity contribution >= 4 is 28.7 Å². The fourth-order valence-corrected chi connectivity index (χ4v) is 2.87. The summed E-state index contributed by atoms with van der Waals surface area (Å²) < 4.78 is 5.12. The van der Waals surface area contributed by atoms with Crippen LogP contribution < -0.4 is 5.32 Å². The van der Waals surface area contributed by atoms with Gasteiger partial charge in [-0.15, -0.1) is 0 Å². The Bertz CT molecular complexity index is 737. The molecule has 110 valence electrons. The molecule has 0 radical (unpaired) electrons. The molecule has 0 bridgehead atoms. The van der Waals surface area contributed by atoms with E-state index in [1.807, 2.05) is 25.6 Å². The quantitative estimate of drug-likeness (QED) is 0.675. The van der Waals surface area contributed by atoms with Crippen molar-refractivity contribution in [2.24, 2.45) is 0 Å². The van der Waals surface area contributed by atoms with Crippen LogP contribution in [-0.2, 0) is 5.75 Å². The van der Waals surface area contributed by atoms with Crippen molar-refractivity contribution in [1.29, 1.82) is 0 Å². The lowest BCUT2D eigenvalue weighted by Crippen LogP contribution is -2.06. The van der Waals surface area contributed by atoms with Gasteiger partial charge in [-0.2, -0.15) is 16.7 Å². The lowest BCUT2D eigenvalue weighted by Gasteiger charge is -2.05. The molecule has 0 fully saturated rings. The summed E-state index contributed by atoms with van der Waals surface area (Å²) in [5, 5.41) is 8.07. The molecule has 0 unspecified atom stereocenters. The molecule has 3 aromatic heterocycles. The number of anilines is 1. The van der Waals surface area contributed by atoms with Gasteiger partial charge >= 0.3 is 0 Å². The third-order valence-electron chi connectivity index (χ3n) is 3.16. The topological polar surface area (TPSA) is 92.5 Å². The predicted molar refractivity (Wildman–Crippen MR) is 82.3 cm³/mol. The van der Waals surface area contributed by atoms with Crippen LogP contribution in [0.5, 0.6) is 0 Å². The van der Waals surface area contributed by atoms with Crippen molar-refractivity contribution in [3.8, 4) is 0 Å². The first-order chi connectivity index (χ1) is 10.3. The minimum atomic E-state index is 0.518. The van der Waals surface area contributed by atoms with E-state index in [0.717, 1.165) is 46.3 Å². The first kappa shape index (κ1) is 13.9. The number of nitrogens with one attached hydrogen (secondary N) is 2. The van der Waals surface area contributed by atoms with Crippen molar-refractivity contribution in [3.63, 3.8) is 0 Å². The number of hydrogen-bond donors (Lipinski definition) is 2. The van der Waals surface area contributed by atoms with E-state index >= 15 is 0 Å². The van der Waals surface area contributed by atoms with Crippen LogP contribution in [0.25, 0.3) is 11.1 Å². The van der Waals surface area contributed by atoms with Crippen LogP contribution in [0, 0.1) is 13.8 Å². The van der Waals surface area contributed by atoms with Gasteiger partial charge in [-0.1, -0.05) is 5.16 Å². The molecule has 0 atom stereocenters. The molecule has 7 nitrogen and oxygen atoms in total. The average molecular weight is 304 g/mol. The molecule has 3 rings (SSSR count). The van der Waals surface area contributed by atoms with Crippen molar-refractivity contribution in [3.05, 3.63) is 29.7 Å². The van der Waals surface area contributed by atoms with Gasteiger partial charge in [-0.25, -0.2) is 9.97 Å². The second-order valence-electron chi connectivity index (χ2n) is 4.62. The van der Waals surface area contributed by atoms with Crippen LogP contribution in [0.1, 0.15) is 17.1 Å². The highest BCUT2D eigenvalue weighted by Crippen LogP contribution is 2.22. The molecular formula is C13H16N6OS. The standard InChI is InChI=1S/C13H16N6OS/c1-8-10(16-6-15-8)5-21-4-3-14-12-11-9(2)19-20-13(11)18-7-17-12/h6-7H,3-5H2,1-2H3,(H,15,16)(H,14,17,18). The Hall–Kier alpha value is -2.09. The predicted octanol–water partition coefficient (Wildman–Crippen LogP) is 2.30. The molecule has 0 saturated carbocycles. The molecular weight excluding hydrogens is 288 g/mol. The normalized spacial score (nSPS) is 11.1. The number of aromatic nitrogens is 5. The first-order valence-corrected chi connectivity index (χ1v) is 7.78. The van der Waals surface area contributed by atoms with Crippen molar-refractivity contribution in [2.45, 2.75) is 19.6 Å². The number of nitrogens with zero attached hydrogens (tertiary/aromatic N) is 4. The summed E-state index contributed by atoms with van der Waals surface area (Å²) in [7, 11) is 0. The van der Waals surface area contributed by atoms with Gasteiger partial charge in [0.1, 0.15) is 17.5 Å². The summed E-state index contributed by atoms with van der Waals surface area (Å²) in [4.78, 5) is 15.7. The Morgan fingerprint density at radius 1 is 1.29 bits per heavy atom. The Morgan fingerprint density at radius 2 is 2.19 bits per heavy atom. The Labute approximate surface area is 126 Å². The average Bonchev–Trinajstić information content (AvgIpc) is 3.06. The molecule has 0 spiro atoms. The molecule has 3 heterocycles. The van der Waals surface area contributed by atoms with E-state index in [2.05, 4.69) is 30.4 Å². The summed E-state index contributed by atoms with van der Waals surface area (Å²) in [6.45, 7) is 4.73. The van der Waals surface area contributed by atoms with E-state index in [0.29, 0.717) is 5.71 Å². The smallest absolute Gasteiger partial charge is 0.263 e. The van der Waals surface area contributed by atoms with Crippen LogP contribution in [0.3, 0.4) is 0 Å². The molecule has 0 aliphatic rings. The monoisotopic (exact) mass is 304 g/mol. The summed E-state index contributed by atoms with van der Waals surface area (Å²) in [5.74, 6) is 2.64. The van der Waals surface area contributed by atoms with Crippen molar-refractivity contribution in [1.82, 2.24) is 25.1 Å². The van der Waals surface area contributed by atoms with Crippen molar-refractivity contribution < 1.29 is 4.52 Å². The summed E-state index contributed by atoms with van der Waals surface area (Å²) >= 11 is 1.83. The van der Waals surface area contributed by atoms with Crippen LogP contribution in [-0.4, -0.2) is 37.4 Å². The maximum absolute atomic E-state index is 5.12. The molecule has 2 N–H and O–H groups in total. The molecule has 0 amide bonds. The first-order valence-electron chi connectivity index (χ1n) is 6.63. The Kier molecular flexibility index (Phi) is 4.05. The highest BCUT2D eigenvalue weighted by atomic mass is 32.2. The zero-order valence-electron chi connectivity index (χ0n) is 11.9. The largest absolute Gasteiger partial charge is 0.368 e. The van der Waals surface area contributed by atoms with Crippen LogP contribution in [0.15, 0.2) is 17.2 Å². The second-order valence-corrected chi connectivity index (χ2v) is 5.73. The molecule has 0 aliphatic heterocycles. The molecule has 21 heavy (non-hydrogen) atoms. The van der Waals surface area contributed by atoms with E-state index in [1.54, 1.807) is 6.33 Å². The van der Waals surface area contributed by atoms with E-state index < -0.39 is 0 Å². The van der Waals surface area contributed by atoms with E-state index in [-0.39, 0.29) is 0 Å². The minimum Gasteiger partial charge on any atom is -0.368 e. The highest BCUT2D eigenvalue weighted by molar-refractivity contribution is 7.98. The second kappa shape index (κ2) is 6.13. The fraction of sp³-hybridized carbons (Fsp3) is 0.385. The van der Waals surface area contributed by atoms with Crippen LogP contribution in [0.4, 0.5) is 5.82 Å². The maximum Gasteiger partial charge on any atom is 0.263 e. The Morgan fingerprint density at radius 3 is 3.00 bits per heavy atom. The SMILES string of the molecule is Cc1[nH]cnc1CSCCNc1ncnc2onc(C)c12. The molecule has 0 saturated heterocycles. The van der Waals surface area contributed by atoms with E-state index in [1.165, 1.54) is 6.33 Å². The molecule has 0 aromatic carbocycles. The number of hydrogen-bond acceptors (Lipinski definition) is 7. The van der Waals surface area contributed by atoms with E-state index in [9.17, 15) is 0 Å². The van der Waals surface area contributed by atoms with Gasteiger partial charge in [-0.3, -0.25) is 0 Å². The fourth-order valence-electron chi connectivity index (χ4n) is 2.00. The number of aromatic amines is 1. The van der Waals surface area contributed by atoms with Gasteiger partial charge in [0.25, 0.3) is 5.71 Å². The van der Waals surface area contributed by atoms with Crippen molar-refractivity contribution in [2.75, 3.05) is 17.6 Å². The number of rotatable bonds is 6. The number of fused-ring (bicyclic) bond motifs is 1. The summed E-state index contributed by atoms with van der Waals surface area (Å²) in [6, 6.07) is 0. The maximum atomic E-state index is 5.12. The zero-order chi connectivity index (χ0) is 14.7. The number of H-pyrrole nitrogens is 1. The van der Waals surface area contributed by atoms with E-state index in [4.69, 9.17) is 4.52 Å². The van der Waals surface area contributed by atoms with Crippen LogP contribution in [0.2, 0.25) is 0 Å². The summed E-state index contributed by atoms with van der Waals surface area (Å²) in [6.07, 6.45) is 3.21. The van der Waals surface area contributed by atoms with Gasteiger partial charge in [-0.05, 0) is 13.8 Å². The zero-order valence-corrected chi connectivity index (χ0v) is 12.7. The molecule has 8 heteroatoms. The third kappa shape index (κ3) is 2.99. The van der Waals surface area contributed by atoms with Gasteiger partial charge in [0.2, 0.25) is 0 Å². The number of thioether (sulfide) groups is 1. The van der Waals surface area contributed by atoms with Crippen LogP contribution >= 0.6 is 11.8 Å². The van der Waals surface area contributed by atoms with Gasteiger partial charge in [0, 0.05) is 23.7 Å². The lowest BCUT2D eigenvalue weighted by molar-refractivity contribution is 0.442. The third-order valence-corrected chi connectivity index (χ3v) is 4.13. The van der Waals surface area contributed by atoms with Gasteiger partial charge in [0.15, 0.2) is 0 Å². The summed E-state index contributed by atoms with van der Waals surface area (Å²) in [5.41, 5.74) is 3.56. The van der Waals surface area contributed by atoms with Gasteiger partial charge < -0.3 is 14.8 Å². The minimum absolute atomic E-state index is 0.518. The molecule has 3 aromatic rings. The number of imidazole rings is 1. The molecule has 0 aliphatic carbocycles. The Balaban J connectivity index is 1.53. The number of aryl methyl sites for hydroxylation is 2. The lowest BCUT2D eigenvalue weighted by atomic mass is 10.3. The highest BCUT2D eigenvalue weighted by Gasteiger charge is 2.11. The van der Waals surface area contributed by atoms with Gasteiger partial charge in [0.05, 0.1) is 17.7 Å².